The molecule has 0 bridgehead atoms. The molecule has 1 saturated heterocycles. The molecule has 1 heterocycles. The van der Waals surface area contributed by atoms with Gasteiger partial charge in [-0.15, -0.1) is 0 Å². The van der Waals surface area contributed by atoms with Gasteiger partial charge >= 0.3 is 0 Å². The summed E-state index contributed by atoms with van der Waals surface area (Å²) in [5.41, 5.74) is 0.832. The summed E-state index contributed by atoms with van der Waals surface area (Å²) in [6, 6.07) is 15.3. The van der Waals surface area contributed by atoms with Crippen molar-refractivity contribution in [1.82, 2.24) is 4.90 Å². The number of halogens is 1. The molecule has 2 amide bonds. The molecule has 1 aliphatic rings. The first-order chi connectivity index (χ1) is 14.1. The number of para-hydroxylation sites is 2. The number of amides is 2. The van der Waals surface area contributed by atoms with Crippen molar-refractivity contribution in [2.75, 3.05) is 25.6 Å². The zero-order chi connectivity index (χ0) is 20.6. The molecule has 3 rings (SSSR count). The average molecular weight is 415 g/mol. The highest BCUT2D eigenvalue weighted by atomic mass is 32.2. The van der Waals surface area contributed by atoms with Crippen LogP contribution in [-0.2, 0) is 14.3 Å². The molecule has 2 aromatic carbocycles. The van der Waals surface area contributed by atoms with Crippen LogP contribution < -0.4 is 5.32 Å². The minimum absolute atomic E-state index is 0.0631. The molecule has 8 heteroatoms. The van der Waals surface area contributed by atoms with E-state index in [1.807, 2.05) is 30.3 Å². The molecule has 1 atom stereocenters. The largest absolute Gasteiger partial charge is 0.385 e. The van der Waals surface area contributed by atoms with Crippen molar-refractivity contribution < 1.29 is 18.7 Å². The second-order valence-electron chi connectivity index (χ2n) is 6.40. The Kier molecular flexibility index (Phi) is 7.37. The van der Waals surface area contributed by atoms with Crippen molar-refractivity contribution in [3.05, 3.63) is 60.4 Å². The maximum Gasteiger partial charge on any atom is 0.242 e. The van der Waals surface area contributed by atoms with Gasteiger partial charge in [-0.1, -0.05) is 42.1 Å². The summed E-state index contributed by atoms with van der Waals surface area (Å²) in [6.07, 6.45) is 0.594. The lowest BCUT2D eigenvalue weighted by Crippen LogP contribution is -2.34. The molecular weight excluding hydrogens is 393 g/mol. The number of ether oxygens (including phenoxy) is 1. The fourth-order valence-electron chi connectivity index (χ4n) is 2.84. The van der Waals surface area contributed by atoms with Crippen LogP contribution >= 0.6 is 11.8 Å². The first kappa shape index (κ1) is 21.0. The fourth-order valence-corrected chi connectivity index (χ4v) is 4.03. The Morgan fingerprint density at radius 2 is 1.93 bits per heavy atom. The standard InChI is InChI=1S/C21H22FN3O3S/c1-28-13-7-12-25-20(27)18(29-21(25)23-15-8-3-2-4-9-15)14-19(26)24-17-11-6-5-10-16(17)22/h2-6,8-11,18H,7,12-14H2,1H3,(H,24,26)/t18-/m0/s1. The molecule has 29 heavy (non-hydrogen) atoms. The highest BCUT2D eigenvalue weighted by molar-refractivity contribution is 8.15. The third-order valence-corrected chi connectivity index (χ3v) is 5.43. The number of hydrogen-bond acceptors (Lipinski definition) is 5. The van der Waals surface area contributed by atoms with Crippen LogP contribution in [0.25, 0.3) is 0 Å². The number of thioether (sulfide) groups is 1. The molecular formula is C21H22FN3O3S. The number of rotatable bonds is 8. The van der Waals surface area contributed by atoms with E-state index in [1.165, 1.54) is 23.9 Å². The predicted octanol–water partition coefficient (Wildman–Crippen LogP) is 3.82. The van der Waals surface area contributed by atoms with Crippen molar-refractivity contribution in [3.8, 4) is 0 Å². The van der Waals surface area contributed by atoms with Crippen molar-refractivity contribution in [1.29, 1.82) is 0 Å². The zero-order valence-corrected chi connectivity index (χ0v) is 16.8. The van der Waals surface area contributed by atoms with Crippen molar-refractivity contribution in [3.63, 3.8) is 0 Å². The molecule has 1 fully saturated rings. The van der Waals surface area contributed by atoms with Gasteiger partial charge in [-0.25, -0.2) is 9.38 Å². The molecule has 152 valence electrons. The predicted molar refractivity (Wildman–Crippen MR) is 113 cm³/mol. The Morgan fingerprint density at radius 1 is 1.21 bits per heavy atom. The Balaban J connectivity index is 1.72. The number of amidine groups is 1. The lowest BCUT2D eigenvalue weighted by molar-refractivity contribution is -0.128. The first-order valence-corrected chi connectivity index (χ1v) is 10.1. The molecule has 1 aliphatic heterocycles. The molecule has 0 aromatic heterocycles. The number of anilines is 1. The number of hydrogen-bond donors (Lipinski definition) is 1. The monoisotopic (exact) mass is 415 g/mol. The number of methoxy groups -OCH3 is 1. The summed E-state index contributed by atoms with van der Waals surface area (Å²) in [4.78, 5) is 31.4. The van der Waals surface area contributed by atoms with E-state index in [4.69, 9.17) is 4.74 Å². The molecule has 0 spiro atoms. The number of aliphatic imine (C=N–C) groups is 1. The molecule has 6 nitrogen and oxygen atoms in total. The Bertz CT molecular complexity index is 892. The number of nitrogens with zero attached hydrogens (tertiary/aromatic N) is 2. The summed E-state index contributed by atoms with van der Waals surface area (Å²) in [6.45, 7) is 0.974. The van der Waals surface area contributed by atoms with Gasteiger partial charge < -0.3 is 10.1 Å². The van der Waals surface area contributed by atoms with Crippen molar-refractivity contribution >= 4 is 40.1 Å². The Morgan fingerprint density at radius 3 is 2.66 bits per heavy atom. The third kappa shape index (κ3) is 5.65. The molecule has 2 aromatic rings. The summed E-state index contributed by atoms with van der Waals surface area (Å²) >= 11 is 1.25. The lowest BCUT2D eigenvalue weighted by atomic mass is 10.2. The van der Waals surface area contributed by atoms with Crippen LogP contribution in [0.3, 0.4) is 0 Å². The van der Waals surface area contributed by atoms with Gasteiger partial charge in [0.1, 0.15) is 11.1 Å². The van der Waals surface area contributed by atoms with Crippen molar-refractivity contribution in [2.24, 2.45) is 4.99 Å². The van der Waals surface area contributed by atoms with Crippen molar-refractivity contribution in [2.45, 2.75) is 18.1 Å². The highest BCUT2D eigenvalue weighted by Crippen LogP contribution is 2.32. The van der Waals surface area contributed by atoms with E-state index >= 15 is 0 Å². The van der Waals surface area contributed by atoms with Gasteiger partial charge in [-0.05, 0) is 30.7 Å². The SMILES string of the molecule is COCCCN1C(=O)[C@H](CC(=O)Nc2ccccc2F)SC1=Nc1ccccc1. The van der Waals surface area contributed by atoms with E-state index in [0.717, 1.165) is 5.69 Å². The Hall–Kier alpha value is -2.71. The van der Waals surface area contributed by atoms with E-state index in [1.54, 1.807) is 24.1 Å². The fraction of sp³-hybridized carbons (Fsp3) is 0.286. The third-order valence-electron chi connectivity index (χ3n) is 4.25. The van der Waals surface area contributed by atoms with Crippen LogP contribution in [0.2, 0.25) is 0 Å². The summed E-state index contributed by atoms with van der Waals surface area (Å²) in [7, 11) is 1.61. The van der Waals surface area contributed by atoms with Crippen LogP contribution in [-0.4, -0.2) is 47.4 Å². The highest BCUT2D eigenvalue weighted by Gasteiger charge is 2.38. The zero-order valence-electron chi connectivity index (χ0n) is 16.0. The van der Waals surface area contributed by atoms with Crippen LogP contribution in [0.1, 0.15) is 12.8 Å². The molecule has 0 aliphatic carbocycles. The van der Waals surface area contributed by atoms with E-state index in [0.29, 0.717) is 24.7 Å². The Labute approximate surface area is 173 Å². The topological polar surface area (TPSA) is 71.0 Å². The summed E-state index contributed by atoms with van der Waals surface area (Å²) in [5.74, 6) is -1.11. The number of benzene rings is 2. The molecule has 0 saturated carbocycles. The van der Waals surface area contributed by atoms with Gasteiger partial charge in [0.05, 0.1) is 11.4 Å². The molecule has 1 N–H and O–H groups in total. The summed E-state index contributed by atoms with van der Waals surface area (Å²) in [5, 5.41) is 2.48. The van der Waals surface area contributed by atoms with Gasteiger partial charge in [0.25, 0.3) is 0 Å². The number of carbonyl (C=O) groups excluding carboxylic acids is 2. The number of carbonyl (C=O) groups is 2. The second-order valence-corrected chi connectivity index (χ2v) is 7.57. The van der Waals surface area contributed by atoms with Gasteiger partial charge in [0.2, 0.25) is 11.8 Å². The smallest absolute Gasteiger partial charge is 0.242 e. The maximum absolute atomic E-state index is 13.8. The van der Waals surface area contributed by atoms with Crippen LogP contribution in [0.4, 0.5) is 15.8 Å². The van der Waals surface area contributed by atoms with Gasteiger partial charge in [0.15, 0.2) is 5.17 Å². The minimum Gasteiger partial charge on any atom is -0.385 e. The van der Waals surface area contributed by atoms with E-state index in [9.17, 15) is 14.0 Å². The average Bonchev–Trinajstić information content (AvgIpc) is 2.99. The lowest BCUT2D eigenvalue weighted by Gasteiger charge is -2.16. The minimum atomic E-state index is -0.605. The van der Waals surface area contributed by atoms with E-state index in [2.05, 4.69) is 10.3 Å². The quantitative estimate of drug-likeness (QED) is 0.666. The van der Waals surface area contributed by atoms with Gasteiger partial charge in [-0.2, -0.15) is 0 Å². The summed E-state index contributed by atoms with van der Waals surface area (Å²) < 4.78 is 18.8. The second kappa shape index (κ2) is 10.2. The van der Waals surface area contributed by atoms with Crippen LogP contribution in [0.15, 0.2) is 59.6 Å². The van der Waals surface area contributed by atoms with Crippen LogP contribution in [0, 0.1) is 5.82 Å². The van der Waals surface area contributed by atoms with Gasteiger partial charge in [0, 0.05) is 26.7 Å². The van der Waals surface area contributed by atoms with Crippen LogP contribution in [0.5, 0.6) is 0 Å². The molecule has 0 radical (unpaired) electrons. The first-order valence-electron chi connectivity index (χ1n) is 9.23. The van der Waals surface area contributed by atoms with Gasteiger partial charge in [-0.3, -0.25) is 14.5 Å². The van der Waals surface area contributed by atoms with E-state index < -0.39 is 17.0 Å². The molecule has 0 unspecified atom stereocenters. The number of nitrogens with one attached hydrogen (secondary N) is 1. The van der Waals surface area contributed by atoms with E-state index in [-0.39, 0.29) is 18.0 Å². The normalized spacial score (nSPS) is 17.7. The maximum atomic E-state index is 13.8.